The third kappa shape index (κ3) is 1.91. The number of nitrogens with one attached hydrogen (secondary N) is 1. The monoisotopic (exact) mass is 147 g/mol. The Hall–Kier alpha value is -0.160. The predicted molar refractivity (Wildman–Crippen MR) is 37.2 cm³/mol. The molecular formula is C6H14N2O2. The van der Waals surface area contributed by atoms with E-state index in [1.807, 2.05) is 0 Å². The van der Waals surface area contributed by atoms with Gasteiger partial charge in [-0.25, -0.2) is 0 Å². The Morgan fingerprint density at radius 3 is 3.20 bits per heavy atom. The molecule has 0 saturated carbocycles. The molecule has 0 aliphatic carbocycles. The van der Waals surface area contributed by atoms with E-state index < -0.39 is 0 Å². The summed E-state index contributed by atoms with van der Waals surface area (Å²) >= 11 is 0. The maximum Gasteiger partial charge on any atom is 0.137 e. The normalized spacial score (nSPS) is 35.5. The number of aliphatic hydroxyl groups is 1. The maximum atomic E-state index is 8.71. The number of rotatable bonds is 3. The molecule has 4 N–H and O–H groups in total. The van der Waals surface area contributed by atoms with Gasteiger partial charge < -0.3 is 9.84 Å². The lowest BCUT2D eigenvalue weighted by molar-refractivity contribution is -0.0316. The lowest BCUT2D eigenvalue weighted by Crippen LogP contribution is -2.44. The molecule has 10 heavy (non-hydrogen) atoms. The molecule has 0 aromatic carbocycles. The summed E-state index contributed by atoms with van der Waals surface area (Å²) in [5, 5.41) is 8.71. The number of aliphatic hydroxyl groups excluding tert-OH is 1. The van der Waals surface area contributed by atoms with Crippen LogP contribution in [0, 0.1) is 0 Å². The molecule has 2 atom stereocenters. The van der Waals surface area contributed by atoms with E-state index in [-0.39, 0.29) is 18.8 Å². The first-order valence-electron chi connectivity index (χ1n) is 4.01. The van der Waals surface area contributed by atoms with Crippen LogP contribution in [0.4, 0.5) is 0 Å². The van der Waals surface area contributed by atoms with Gasteiger partial charge in [0.25, 0.3) is 0 Å². The molecule has 1 aliphatic rings. The van der Waals surface area contributed by atoms with Crippen LogP contribution in [-0.4, -0.2) is 30.5 Å². The summed E-state index contributed by atoms with van der Waals surface area (Å²) in [4.78, 5) is 0. The van der Waals surface area contributed by atoms with E-state index in [1.54, 1.807) is 0 Å². The molecule has 1 aliphatic heterocycles. The Morgan fingerprint density at radius 2 is 2.70 bits per heavy atom. The van der Waals surface area contributed by atoms with Crippen LogP contribution in [0.5, 0.6) is 0 Å². The van der Waals surface area contributed by atoms with Crippen LogP contribution in [0.2, 0.25) is 1.41 Å². The van der Waals surface area contributed by atoms with E-state index in [4.69, 9.17) is 11.3 Å². The van der Waals surface area contributed by atoms with Crippen molar-refractivity contribution in [3.63, 3.8) is 0 Å². The third-order valence-corrected chi connectivity index (χ3v) is 1.78. The first kappa shape index (κ1) is 6.54. The van der Waals surface area contributed by atoms with Crippen LogP contribution >= 0.6 is 0 Å². The topological polar surface area (TPSA) is 67.5 Å². The fourth-order valence-corrected chi connectivity index (χ4v) is 1.06. The van der Waals surface area contributed by atoms with E-state index in [1.165, 1.54) is 0 Å². The van der Waals surface area contributed by atoms with Crippen LogP contribution < -0.4 is 11.3 Å². The third-order valence-electron chi connectivity index (χ3n) is 1.78. The molecule has 0 aromatic heterocycles. The second-order valence-corrected chi connectivity index (χ2v) is 2.56. The molecular weight excluding hydrogens is 132 g/mol. The molecule has 0 unspecified atom stereocenters. The highest BCUT2D eigenvalue weighted by Crippen LogP contribution is 2.11. The molecule has 4 nitrogen and oxygen atoms in total. The summed E-state index contributed by atoms with van der Waals surface area (Å²) in [6.45, 7) is 0.665. The van der Waals surface area contributed by atoms with Gasteiger partial charge in [0.15, 0.2) is 0 Å². The molecule has 0 aromatic rings. The van der Waals surface area contributed by atoms with Gasteiger partial charge >= 0.3 is 0 Å². The van der Waals surface area contributed by atoms with Gasteiger partial charge in [-0.05, 0) is 12.8 Å². The maximum absolute atomic E-state index is 8.71. The van der Waals surface area contributed by atoms with Crippen LogP contribution in [-0.2, 0) is 4.74 Å². The smallest absolute Gasteiger partial charge is 0.137 e. The number of ether oxygens (including phenoxy) is 1. The average Bonchev–Trinajstić information content (AvgIpc) is 2.07. The number of hydrazine groups is 1. The summed E-state index contributed by atoms with van der Waals surface area (Å²) in [5.74, 6) is 2.13. The second kappa shape index (κ2) is 3.88. The Labute approximate surface area is 61.8 Å². The molecule has 0 spiro atoms. The van der Waals surface area contributed by atoms with Crippen molar-refractivity contribution in [2.45, 2.75) is 25.0 Å². The minimum atomic E-state index is -0.00113. The van der Waals surface area contributed by atoms with Crippen molar-refractivity contribution in [3.05, 3.63) is 0 Å². The van der Waals surface area contributed by atoms with Crippen molar-refractivity contribution in [1.82, 2.24) is 5.43 Å². The van der Waals surface area contributed by atoms with Crippen LogP contribution in [0.1, 0.15) is 12.8 Å². The first-order chi connectivity index (χ1) is 5.36. The molecule has 1 saturated heterocycles. The van der Waals surface area contributed by atoms with Gasteiger partial charge in [0, 0.05) is 6.04 Å². The van der Waals surface area contributed by atoms with Crippen LogP contribution in [0.25, 0.3) is 0 Å². The molecule has 4 heteroatoms. The largest absolute Gasteiger partial charge is 0.394 e. The summed E-state index contributed by atoms with van der Waals surface area (Å²) < 4.78 is 11.9. The molecule has 0 amide bonds. The highest BCUT2D eigenvalue weighted by molar-refractivity contribution is 4.72. The average molecular weight is 147 g/mol. The van der Waals surface area contributed by atoms with Crippen molar-refractivity contribution in [2.24, 2.45) is 5.84 Å². The fourth-order valence-electron chi connectivity index (χ4n) is 1.06. The first-order valence-corrected chi connectivity index (χ1v) is 3.51. The highest BCUT2D eigenvalue weighted by Gasteiger charge is 2.19. The summed E-state index contributed by atoms with van der Waals surface area (Å²) in [5.41, 5.74) is 2.74. The number of hydrogen-bond donors (Lipinski definition) is 3. The van der Waals surface area contributed by atoms with Crippen molar-refractivity contribution in [2.75, 3.05) is 13.2 Å². The molecule has 1 heterocycles. The Kier molecular flexibility index (Phi) is 2.54. The van der Waals surface area contributed by atoms with E-state index >= 15 is 0 Å². The molecule has 0 radical (unpaired) electrons. The van der Waals surface area contributed by atoms with Gasteiger partial charge in [0.1, 0.15) is 1.41 Å². The zero-order valence-electron chi connectivity index (χ0n) is 6.84. The zero-order valence-corrected chi connectivity index (χ0v) is 5.84. The zero-order chi connectivity index (χ0) is 8.10. The number of nitrogens with two attached hydrogens (primary N) is 1. The van der Waals surface area contributed by atoms with Crippen molar-refractivity contribution >= 4 is 0 Å². The van der Waals surface area contributed by atoms with Crippen molar-refractivity contribution in [3.8, 4) is 0 Å². The second-order valence-electron chi connectivity index (χ2n) is 2.56. The molecule has 0 bridgehead atoms. The SMILES string of the molecule is [2H]NN[C@@H]1CC[C@@H](CO)OC1. The van der Waals surface area contributed by atoms with Gasteiger partial charge in [0.2, 0.25) is 0 Å². The lowest BCUT2D eigenvalue weighted by atomic mass is 10.1. The Balaban J connectivity index is 2.14. The van der Waals surface area contributed by atoms with Gasteiger partial charge in [-0.3, -0.25) is 11.3 Å². The van der Waals surface area contributed by atoms with E-state index in [0.29, 0.717) is 6.61 Å². The summed E-state index contributed by atoms with van der Waals surface area (Å²) in [7, 11) is 0. The fraction of sp³-hybridized carbons (Fsp3) is 1.00. The van der Waals surface area contributed by atoms with E-state index in [9.17, 15) is 0 Å². The minimum Gasteiger partial charge on any atom is -0.394 e. The Morgan fingerprint density at radius 1 is 1.80 bits per heavy atom. The summed E-state index contributed by atoms with van der Waals surface area (Å²) in [6.07, 6.45) is 1.80. The molecule has 1 fully saturated rings. The van der Waals surface area contributed by atoms with Crippen LogP contribution in [0.15, 0.2) is 0 Å². The van der Waals surface area contributed by atoms with E-state index in [2.05, 4.69) is 11.3 Å². The van der Waals surface area contributed by atoms with Crippen molar-refractivity contribution in [1.29, 1.82) is 0 Å². The van der Waals surface area contributed by atoms with Crippen LogP contribution in [0.3, 0.4) is 0 Å². The Bertz CT molecular complexity index is 107. The highest BCUT2D eigenvalue weighted by atomic mass is 16.5. The minimum absolute atomic E-state index is 0.00113. The number of hydrogen-bond acceptors (Lipinski definition) is 4. The summed E-state index contributed by atoms with van der Waals surface area (Å²) in [6, 6.07) is 0.204. The van der Waals surface area contributed by atoms with Gasteiger partial charge in [-0.2, -0.15) is 0 Å². The van der Waals surface area contributed by atoms with Gasteiger partial charge in [-0.1, -0.05) is 0 Å². The lowest BCUT2D eigenvalue weighted by Gasteiger charge is -2.26. The van der Waals surface area contributed by atoms with Crippen molar-refractivity contribution < 1.29 is 11.3 Å². The van der Waals surface area contributed by atoms with Gasteiger partial charge in [-0.15, -0.1) is 0 Å². The standard InChI is InChI=1S/C6H14N2O2/c7-8-5-1-2-6(3-9)10-4-5/h5-6,8-9H,1-4,7H2/t5-,6+/m1/s1/i/hD. The quantitative estimate of drug-likeness (QED) is 0.353. The molecule has 1 rings (SSSR count). The van der Waals surface area contributed by atoms with Gasteiger partial charge in [0.05, 0.1) is 19.3 Å². The predicted octanol–water partition coefficient (Wildman–Crippen LogP) is -1.01. The molecule has 60 valence electrons. The van der Waals surface area contributed by atoms with E-state index in [0.717, 1.165) is 12.8 Å².